The molecule has 5 heteroatoms. The summed E-state index contributed by atoms with van der Waals surface area (Å²) in [4.78, 5) is 19.5. The first-order valence-electron chi connectivity index (χ1n) is 6.58. The zero-order chi connectivity index (χ0) is 13.1. The average molecular weight is 267 g/mol. The molecule has 0 bridgehead atoms. The van der Waals surface area contributed by atoms with Gasteiger partial charge >= 0.3 is 0 Å². The lowest BCUT2D eigenvalue weighted by Crippen LogP contribution is -2.40. The van der Waals surface area contributed by atoms with E-state index in [1.54, 1.807) is 0 Å². The number of nitrogens with one attached hydrogen (secondary N) is 1. The van der Waals surface area contributed by atoms with Crippen molar-refractivity contribution in [1.29, 1.82) is 0 Å². The molecule has 1 N–H and O–H groups in total. The fourth-order valence-electron chi connectivity index (χ4n) is 2.41. The van der Waals surface area contributed by atoms with Crippen molar-refractivity contribution in [3.05, 3.63) is 15.6 Å². The number of rotatable bonds is 4. The molecule has 0 radical (unpaired) electrons. The maximum Gasteiger partial charge on any atom is 0.265 e. The maximum atomic E-state index is 12.5. The summed E-state index contributed by atoms with van der Waals surface area (Å²) in [6.45, 7) is 8.55. The molecule has 1 amide bonds. The minimum Gasteiger partial charge on any atom is -0.337 e. The van der Waals surface area contributed by atoms with Crippen molar-refractivity contribution in [1.82, 2.24) is 15.2 Å². The number of amides is 1. The highest BCUT2D eigenvalue weighted by molar-refractivity contribution is 7.13. The first kappa shape index (κ1) is 13.5. The third kappa shape index (κ3) is 2.90. The van der Waals surface area contributed by atoms with Gasteiger partial charge in [0, 0.05) is 19.1 Å². The average Bonchev–Trinajstić information content (AvgIpc) is 2.95. The Bertz CT molecular complexity index is 424. The second-order valence-electron chi connectivity index (χ2n) is 4.78. The van der Waals surface area contributed by atoms with Crippen molar-refractivity contribution >= 4 is 17.2 Å². The van der Waals surface area contributed by atoms with Crippen LogP contribution in [0.3, 0.4) is 0 Å². The van der Waals surface area contributed by atoms with Gasteiger partial charge in [-0.25, -0.2) is 4.98 Å². The van der Waals surface area contributed by atoms with E-state index in [1.165, 1.54) is 24.2 Å². The van der Waals surface area contributed by atoms with E-state index in [-0.39, 0.29) is 5.91 Å². The summed E-state index contributed by atoms with van der Waals surface area (Å²) in [5.74, 6) is 0.134. The van der Waals surface area contributed by atoms with Crippen LogP contribution < -0.4 is 5.32 Å². The summed E-state index contributed by atoms with van der Waals surface area (Å²) in [5.41, 5.74) is 0.861. The van der Waals surface area contributed by atoms with E-state index < -0.39 is 0 Å². The van der Waals surface area contributed by atoms with E-state index in [1.807, 2.05) is 25.7 Å². The van der Waals surface area contributed by atoms with Crippen LogP contribution in [-0.4, -0.2) is 41.5 Å². The molecule has 4 nitrogen and oxygen atoms in total. The van der Waals surface area contributed by atoms with Crippen LogP contribution >= 0.6 is 11.3 Å². The zero-order valence-electron chi connectivity index (χ0n) is 11.3. The van der Waals surface area contributed by atoms with E-state index in [0.29, 0.717) is 6.04 Å². The minimum absolute atomic E-state index is 0.134. The third-order valence-electron chi connectivity index (χ3n) is 3.37. The molecule has 0 aliphatic carbocycles. The van der Waals surface area contributed by atoms with Gasteiger partial charge in [0.25, 0.3) is 5.91 Å². The molecule has 1 aromatic heterocycles. The molecular weight excluding hydrogens is 246 g/mol. The summed E-state index contributed by atoms with van der Waals surface area (Å²) in [6.07, 6.45) is 2.39. The number of aryl methyl sites for hydroxylation is 2. The number of nitrogens with zero attached hydrogens (tertiary/aromatic N) is 2. The van der Waals surface area contributed by atoms with Crippen LogP contribution in [0.1, 0.15) is 40.1 Å². The summed E-state index contributed by atoms with van der Waals surface area (Å²) < 4.78 is 0. The van der Waals surface area contributed by atoms with Crippen molar-refractivity contribution in [3.63, 3.8) is 0 Å². The summed E-state index contributed by atoms with van der Waals surface area (Å²) in [7, 11) is 0. The van der Waals surface area contributed by atoms with Gasteiger partial charge in [-0.3, -0.25) is 4.79 Å². The summed E-state index contributed by atoms with van der Waals surface area (Å²) >= 11 is 1.50. The Labute approximate surface area is 112 Å². The van der Waals surface area contributed by atoms with Gasteiger partial charge in [-0.1, -0.05) is 0 Å². The Kier molecular flexibility index (Phi) is 4.35. The van der Waals surface area contributed by atoms with E-state index in [0.717, 1.165) is 35.2 Å². The second kappa shape index (κ2) is 5.80. The first-order valence-corrected chi connectivity index (χ1v) is 7.40. The predicted octanol–water partition coefficient (Wildman–Crippen LogP) is 1.97. The van der Waals surface area contributed by atoms with Crippen molar-refractivity contribution in [2.45, 2.75) is 39.7 Å². The molecule has 2 heterocycles. The van der Waals surface area contributed by atoms with Gasteiger partial charge in [-0.2, -0.15) is 0 Å². The number of thiazole rings is 1. The molecule has 2 rings (SSSR count). The van der Waals surface area contributed by atoms with E-state index in [2.05, 4.69) is 10.3 Å². The molecule has 1 unspecified atom stereocenters. The minimum atomic E-state index is 0.134. The van der Waals surface area contributed by atoms with Crippen LogP contribution in [0, 0.1) is 13.8 Å². The monoisotopic (exact) mass is 267 g/mol. The number of likely N-dealkylation sites (N-methyl/N-ethyl adjacent to an activating group) is 1. The Morgan fingerprint density at radius 3 is 2.83 bits per heavy atom. The largest absolute Gasteiger partial charge is 0.337 e. The molecule has 100 valence electrons. The Morgan fingerprint density at radius 2 is 2.33 bits per heavy atom. The van der Waals surface area contributed by atoms with Gasteiger partial charge in [-0.05, 0) is 40.2 Å². The van der Waals surface area contributed by atoms with Crippen molar-refractivity contribution < 1.29 is 4.79 Å². The molecule has 0 spiro atoms. The van der Waals surface area contributed by atoms with Crippen molar-refractivity contribution in [3.8, 4) is 0 Å². The lowest BCUT2D eigenvalue weighted by atomic mass is 10.2. The van der Waals surface area contributed by atoms with Crippen molar-refractivity contribution in [2.75, 3.05) is 19.6 Å². The standard InChI is InChI=1S/C13H21N3OS/c1-4-16(8-11-6-5-7-14-11)13(17)12-9(2)15-10(3)18-12/h11,14H,4-8H2,1-3H3. The lowest BCUT2D eigenvalue weighted by Gasteiger charge is -2.24. The fourth-order valence-corrected chi connectivity index (χ4v) is 3.30. The smallest absolute Gasteiger partial charge is 0.265 e. The fraction of sp³-hybridized carbons (Fsp3) is 0.692. The molecular formula is C13H21N3OS. The van der Waals surface area contributed by atoms with Gasteiger partial charge in [-0.15, -0.1) is 11.3 Å². The van der Waals surface area contributed by atoms with Crippen LogP contribution in [-0.2, 0) is 0 Å². The maximum absolute atomic E-state index is 12.5. The van der Waals surface area contributed by atoms with E-state index in [9.17, 15) is 4.79 Å². The molecule has 0 saturated carbocycles. The number of hydrogen-bond acceptors (Lipinski definition) is 4. The molecule has 1 saturated heterocycles. The molecule has 1 atom stereocenters. The van der Waals surface area contributed by atoms with Gasteiger partial charge in [0.15, 0.2) is 0 Å². The Hall–Kier alpha value is -0.940. The predicted molar refractivity (Wildman–Crippen MR) is 74.2 cm³/mol. The highest BCUT2D eigenvalue weighted by Crippen LogP contribution is 2.20. The van der Waals surface area contributed by atoms with E-state index >= 15 is 0 Å². The topological polar surface area (TPSA) is 45.2 Å². The Morgan fingerprint density at radius 1 is 1.56 bits per heavy atom. The van der Waals surface area contributed by atoms with Gasteiger partial charge in [0.05, 0.1) is 10.7 Å². The van der Waals surface area contributed by atoms with Gasteiger partial charge in [0.2, 0.25) is 0 Å². The quantitative estimate of drug-likeness (QED) is 0.907. The van der Waals surface area contributed by atoms with Crippen LogP contribution in [0.25, 0.3) is 0 Å². The van der Waals surface area contributed by atoms with Crippen molar-refractivity contribution in [2.24, 2.45) is 0 Å². The first-order chi connectivity index (χ1) is 8.61. The van der Waals surface area contributed by atoms with Crippen LogP contribution in [0.5, 0.6) is 0 Å². The van der Waals surface area contributed by atoms with Gasteiger partial charge < -0.3 is 10.2 Å². The highest BCUT2D eigenvalue weighted by atomic mass is 32.1. The molecule has 1 aliphatic heterocycles. The highest BCUT2D eigenvalue weighted by Gasteiger charge is 2.23. The van der Waals surface area contributed by atoms with E-state index in [4.69, 9.17) is 0 Å². The number of aromatic nitrogens is 1. The number of carbonyl (C=O) groups is 1. The summed E-state index contributed by atoms with van der Waals surface area (Å²) in [6, 6.07) is 0.461. The summed E-state index contributed by atoms with van der Waals surface area (Å²) in [5, 5.41) is 4.41. The molecule has 0 aromatic carbocycles. The van der Waals surface area contributed by atoms with Crippen LogP contribution in [0.4, 0.5) is 0 Å². The molecule has 1 aliphatic rings. The molecule has 1 aromatic rings. The van der Waals surface area contributed by atoms with Gasteiger partial charge in [0.1, 0.15) is 4.88 Å². The Balaban J connectivity index is 2.07. The number of carbonyl (C=O) groups excluding carboxylic acids is 1. The third-order valence-corrected chi connectivity index (χ3v) is 4.43. The lowest BCUT2D eigenvalue weighted by molar-refractivity contribution is 0.0755. The van der Waals surface area contributed by atoms with Crippen LogP contribution in [0.15, 0.2) is 0 Å². The number of hydrogen-bond donors (Lipinski definition) is 1. The zero-order valence-corrected chi connectivity index (χ0v) is 12.1. The molecule has 1 fully saturated rings. The second-order valence-corrected chi connectivity index (χ2v) is 5.99. The SMILES string of the molecule is CCN(CC1CCCN1)C(=O)c1sc(C)nc1C. The van der Waals surface area contributed by atoms with Crippen LogP contribution in [0.2, 0.25) is 0 Å². The normalized spacial score (nSPS) is 19.2. The molecule has 18 heavy (non-hydrogen) atoms.